The molecule has 21 heavy (non-hydrogen) atoms. The minimum absolute atomic E-state index is 0.734. The topological polar surface area (TPSA) is 21.3 Å². The maximum atomic E-state index is 6.01. The highest BCUT2D eigenvalue weighted by atomic mass is 35.5. The second-order valence-corrected chi connectivity index (χ2v) is 6.20. The van der Waals surface area contributed by atoms with E-state index in [2.05, 4.69) is 24.4 Å². The van der Waals surface area contributed by atoms with Crippen LogP contribution in [0.25, 0.3) is 0 Å². The molecule has 2 nitrogen and oxygen atoms in total. The van der Waals surface area contributed by atoms with Crippen molar-refractivity contribution in [2.45, 2.75) is 39.3 Å². The van der Waals surface area contributed by atoms with Gasteiger partial charge in [-0.25, -0.2) is 0 Å². The summed E-state index contributed by atoms with van der Waals surface area (Å²) in [6, 6.07) is 12.8. The van der Waals surface area contributed by atoms with Crippen LogP contribution in [0.15, 0.2) is 36.4 Å². The molecule has 1 aliphatic rings. The van der Waals surface area contributed by atoms with Gasteiger partial charge in [0.25, 0.3) is 0 Å². The molecule has 0 amide bonds. The maximum absolute atomic E-state index is 6.01. The Hall–Kier alpha value is -1.51. The fourth-order valence-corrected chi connectivity index (χ4v) is 2.56. The van der Waals surface area contributed by atoms with Crippen LogP contribution in [0.2, 0.25) is 5.02 Å². The van der Waals surface area contributed by atoms with E-state index in [1.54, 1.807) is 0 Å². The van der Waals surface area contributed by atoms with E-state index in [1.807, 2.05) is 31.2 Å². The molecule has 3 rings (SSSR count). The fourth-order valence-electron chi connectivity index (χ4n) is 2.33. The summed E-state index contributed by atoms with van der Waals surface area (Å²) in [4.78, 5) is 0. The van der Waals surface area contributed by atoms with Crippen molar-refractivity contribution in [2.75, 3.05) is 0 Å². The average molecular weight is 302 g/mol. The van der Waals surface area contributed by atoms with Crippen LogP contribution >= 0.6 is 11.6 Å². The normalized spacial score (nSPS) is 14.2. The Kier molecular flexibility index (Phi) is 4.18. The third kappa shape index (κ3) is 3.78. The number of hydrogen-bond donors (Lipinski definition) is 1. The first-order valence-electron chi connectivity index (χ1n) is 7.39. The van der Waals surface area contributed by atoms with Gasteiger partial charge in [-0.1, -0.05) is 23.7 Å². The van der Waals surface area contributed by atoms with Gasteiger partial charge in [0.05, 0.1) is 0 Å². The van der Waals surface area contributed by atoms with Gasteiger partial charge in [0.15, 0.2) is 0 Å². The SMILES string of the molecule is Cc1cc(Cl)ccc1Oc1ccc(CNC2CC2)cc1C. The molecule has 1 fully saturated rings. The zero-order valence-corrected chi connectivity index (χ0v) is 13.2. The Morgan fingerprint density at radius 1 is 1.05 bits per heavy atom. The van der Waals surface area contributed by atoms with Gasteiger partial charge in [0.2, 0.25) is 0 Å². The van der Waals surface area contributed by atoms with Crippen molar-refractivity contribution in [1.82, 2.24) is 5.32 Å². The van der Waals surface area contributed by atoms with E-state index in [-0.39, 0.29) is 0 Å². The number of hydrogen-bond acceptors (Lipinski definition) is 2. The van der Waals surface area contributed by atoms with Crippen molar-refractivity contribution < 1.29 is 4.74 Å². The summed E-state index contributed by atoms with van der Waals surface area (Å²) >= 11 is 5.97. The van der Waals surface area contributed by atoms with Crippen LogP contribution in [-0.4, -0.2) is 6.04 Å². The van der Waals surface area contributed by atoms with E-state index in [1.165, 1.54) is 18.4 Å². The van der Waals surface area contributed by atoms with E-state index < -0.39 is 0 Å². The third-order valence-corrected chi connectivity index (χ3v) is 4.00. The number of rotatable bonds is 5. The molecular formula is C18H20ClNO. The van der Waals surface area contributed by atoms with Crippen molar-refractivity contribution in [3.8, 4) is 11.5 Å². The van der Waals surface area contributed by atoms with Crippen molar-refractivity contribution in [3.05, 3.63) is 58.1 Å². The number of nitrogens with one attached hydrogen (secondary N) is 1. The Morgan fingerprint density at radius 3 is 2.33 bits per heavy atom. The quantitative estimate of drug-likeness (QED) is 0.839. The van der Waals surface area contributed by atoms with Crippen LogP contribution < -0.4 is 10.1 Å². The lowest BCUT2D eigenvalue weighted by Crippen LogP contribution is -2.15. The number of benzene rings is 2. The zero-order chi connectivity index (χ0) is 14.8. The van der Waals surface area contributed by atoms with Gasteiger partial charge in [-0.05, 0) is 67.6 Å². The van der Waals surface area contributed by atoms with E-state index in [9.17, 15) is 0 Å². The van der Waals surface area contributed by atoms with Crippen LogP contribution in [0.3, 0.4) is 0 Å². The second kappa shape index (κ2) is 6.08. The van der Waals surface area contributed by atoms with Crippen LogP contribution in [-0.2, 0) is 6.54 Å². The van der Waals surface area contributed by atoms with Gasteiger partial charge in [0, 0.05) is 17.6 Å². The molecule has 2 aromatic carbocycles. The molecule has 0 unspecified atom stereocenters. The molecule has 0 atom stereocenters. The van der Waals surface area contributed by atoms with E-state index in [0.29, 0.717) is 0 Å². The molecule has 2 aromatic rings. The predicted octanol–water partition coefficient (Wildman–Crippen LogP) is 5.00. The molecule has 0 aromatic heterocycles. The number of ether oxygens (including phenoxy) is 1. The Morgan fingerprint density at radius 2 is 1.71 bits per heavy atom. The number of aryl methyl sites for hydroxylation is 2. The highest BCUT2D eigenvalue weighted by Crippen LogP contribution is 2.30. The summed E-state index contributed by atoms with van der Waals surface area (Å²) in [5.74, 6) is 1.75. The molecule has 3 heteroatoms. The second-order valence-electron chi connectivity index (χ2n) is 5.77. The summed E-state index contributed by atoms with van der Waals surface area (Å²) in [6.07, 6.45) is 2.63. The van der Waals surface area contributed by atoms with E-state index in [4.69, 9.17) is 16.3 Å². The monoisotopic (exact) mass is 301 g/mol. The largest absolute Gasteiger partial charge is 0.457 e. The Labute approximate surface area is 131 Å². The molecule has 0 spiro atoms. The van der Waals surface area contributed by atoms with Crippen LogP contribution in [0, 0.1) is 13.8 Å². The van der Waals surface area contributed by atoms with E-state index in [0.717, 1.165) is 40.2 Å². The van der Waals surface area contributed by atoms with Gasteiger partial charge >= 0.3 is 0 Å². The molecule has 0 radical (unpaired) electrons. The van der Waals surface area contributed by atoms with E-state index >= 15 is 0 Å². The summed E-state index contributed by atoms with van der Waals surface area (Å²) in [5, 5.41) is 4.26. The van der Waals surface area contributed by atoms with Crippen LogP contribution in [0.5, 0.6) is 11.5 Å². The summed E-state index contributed by atoms with van der Waals surface area (Å²) in [6.45, 7) is 5.03. The van der Waals surface area contributed by atoms with Crippen molar-refractivity contribution in [1.29, 1.82) is 0 Å². The molecular weight excluding hydrogens is 282 g/mol. The Bertz CT molecular complexity index is 650. The lowest BCUT2D eigenvalue weighted by atomic mass is 10.1. The summed E-state index contributed by atoms with van der Waals surface area (Å²) < 4.78 is 6.01. The summed E-state index contributed by atoms with van der Waals surface area (Å²) in [5.41, 5.74) is 3.50. The molecule has 0 heterocycles. The molecule has 110 valence electrons. The molecule has 1 aliphatic carbocycles. The first-order chi connectivity index (χ1) is 10.1. The van der Waals surface area contributed by atoms with Crippen LogP contribution in [0.1, 0.15) is 29.5 Å². The van der Waals surface area contributed by atoms with Crippen molar-refractivity contribution >= 4 is 11.6 Å². The zero-order valence-electron chi connectivity index (χ0n) is 12.4. The lowest BCUT2D eigenvalue weighted by Gasteiger charge is -2.13. The first-order valence-corrected chi connectivity index (χ1v) is 7.76. The van der Waals surface area contributed by atoms with Gasteiger partial charge < -0.3 is 10.1 Å². The average Bonchev–Trinajstić information content (AvgIpc) is 3.26. The number of halogens is 1. The van der Waals surface area contributed by atoms with Crippen molar-refractivity contribution in [3.63, 3.8) is 0 Å². The van der Waals surface area contributed by atoms with Gasteiger partial charge in [0.1, 0.15) is 11.5 Å². The lowest BCUT2D eigenvalue weighted by molar-refractivity contribution is 0.475. The smallest absolute Gasteiger partial charge is 0.130 e. The minimum atomic E-state index is 0.734. The standard InChI is InChI=1S/C18H20ClNO/c1-12-9-14(11-20-16-5-6-16)3-7-17(12)21-18-8-4-15(19)10-13(18)2/h3-4,7-10,16,20H,5-6,11H2,1-2H3. The van der Waals surface area contributed by atoms with Gasteiger partial charge in [-0.15, -0.1) is 0 Å². The maximum Gasteiger partial charge on any atom is 0.130 e. The van der Waals surface area contributed by atoms with Crippen molar-refractivity contribution in [2.24, 2.45) is 0 Å². The third-order valence-electron chi connectivity index (χ3n) is 3.77. The highest BCUT2D eigenvalue weighted by Gasteiger charge is 2.19. The minimum Gasteiger partial charge on any atom is -0.457 e. The van der Waals surface area contributed by atoms with Crippen LogP contribution in [0.4, 0.5) is 0 Å². The first kappa shape index (κ1) is 14.4. The Balaban J connectivity index is 1.72. The predicted molar refractivity (Wildman–Crippen MR) is 87.3 cm³/mol. The molecule has 0 saturated heterocycles. The summed E-state index contributed by atoms with van der Waals surface area (Å²) in [7, 11) is 0. The molecule has 1 saturated carbocycles. The molecule has 1 N–H and O–H groups in total. The molecule has 0 bridgehead atoms. The molecule has 0 aliphatic heterocycles. The van der Waals surface area contributed by atoms with Gasteiger partial charge in [-0.2, -0.15) is 0 Å². The van der Waals surface area contributed by atoms with Gasteiger partial charge in [-0.3, -0.25) is 0 Å². The fraction of sp³-hybridized carbons (Fsp3) is 0.333. The highest BCUT2D eigenvalue weighted by molar-refractivity contribution is 6.30.